The van der Waals surface area contributed by atoms with E-state index >= 15 is 0 Å². The van der Waals surface area contributed by atoms with Crippen LogP contribution in [-0.4, -0.2) is 55.4 Å². The minimum Gasteiger partial charge on any atom is -0.444 e. The third-order valence-corrected chi connectivity index (χ3v) is 2.49. The number of rotatable bonds is 1. The Morgan fingerprint density at radius 3 is 2.56 bits per heavy atom. The number of nitrogens with zero attached hydrogens (tertiary/aromatic N) is 1. The molecule has 1 rings (SSSR count). The van der Waals surface area contributed by atoms with Gasteiger partial charge in [-0.05, 0) is 39.0 Å². The minimum absolute atomic E-state index is 0.157. The average molecular weight is 221 g/mol. The van der Waals surface area contributed by atoms with E-state index < -0.39 is 17.0 Å². The van der Waals surface area contributed by atoms with E-state index in [9.17, 15) is 4.79 Å². The third kappa shape index (κ3) is 2.94. The number of aliphatic hydroxyl groups is 1. The first-order valence-corrected chi connectivity index (χ1v) is 5.38. The van der Waals surface area contributed by atoms with Gasteiger partial charge in [0, 0.05) is 0 Å². The van der Waals surface area contributed by atoms with Crippen LogP contribution in [0.1, 0.15) is 33.6 Å². The molecule has 0 aliphatic carbocycles. The predicted molar refractivity (Wildman–Crippen MR) is 62.4 cm³/mol. The van der Waals surface area contributed by atoms with Crippen LogP contribution in [0.15, 0.2) is 0 Å². The summed E-state index contributed by atoms with van der Waals surface area (Å²) >= 11 is 0. The van der Waals surface area contributed by atoms with E-state index in [2.05, 4.69) is 0 Å². The van der Waals surface area contributed by atoms with Gasteiger partial charge in [-0.25, -0.2) is 4.79 Å². The van der Waals surface area contributed by atoms with Crippen LogP contribution in [-0.2, 0) is 4.74 Å². The SMILES string of the molecule is [B]C1([B])CCC(CO)N1C(=O)OC(C)(C)C. The average Bonchev–Trinajstić information content (AvgIpc) is 2.37. The highest BCUT2D eigenvalue weighted by Crippen LogP contribution is 2.30. The summed E-state index contributed by atoms with van der Waals surface area (Å²) in [5.41, 5.74) is -0.601. The Labute approximate surface area is 99.2 Å². The quantitative estimate of drug-likeness (QED) is 0.650. The van der Waals surface area contributed by atoms with Gasteiger partial charge < -0.3 is 14.7 Å². The van der Waals surface area contributed by atoms with Crippen LogP contribution < -0.4 is 0 Å². The van der Waals surface area contributed by atoms with Gasteiger partial charge in [0.2, 0.25) is 0 Å². The topological polar surface area (TPSA) is 49.8 Å². The molecule has 0 bridgehead atoms. The first kappa shape index (κ1) is 13.4. The first-order valence-electron chi connectivity index (χ1n) is 5.38. The molecular weight excluding hydrogens is 204 g/mol. The second-order valence-electron chi connectivity index (χ2n) is 5.22. The minimum atomic E-state index is -1.23. The molecule has 0 saturated carbocycles. The highest BCUT2D eigenvalue weighted by molar-refractivity contribution is 6.41. The summed E-state index contributed by atoms with van der Waals surface area (Å²) in [4.78, 5) is 13.1. The molecule has 1 aliphatic rings. The molecule has 0 spiro atoms. The predicted octanol–water partition coefficient (Wildman–Crippen LogP) is 0.369. The summed E-state index contributed by atoms with van der Waals surface area (Å²) in [5, 5.41) is 7.93. The maximum absolute atomic E-state index is 11.9. The highest BCUT2D eigenvalue weighted by Gasteiger charge is 2.42. The number of carbonyl (C=O) groups excluding carboxylic acids is 1. The van der Waals surface area contributed by atoms with E-state index in [4.69, 9.17) is 25.5 Å². The Hall–Kier alpha value is -0.640. The smallest absolute Gasteiger partial charge is 0.409 e. The molecule has 0 aromatic heterocycles. The molecule has 1 saturated heterocycles. The van der Waals surface area contributed by atoms with Crippen molar-refractivity contribution < 1.29 is 14.6 Å². The number of hydrogen-bond acceptors (Lipinski definition) is 3. The molecule has 6 heteroatoms. The van der Waals surface area contributed by atoms with Crippen LogP contribution in [0.3, 0.4) is 0 Å². The summed E-state index contributed by atoms with van der Waals surface area (Å²) in [6.07, 6.45) is 0.467. The van der Waals surface area contributed by atoms with Crippen LogP contribution >= 0.6 is 0 Å². The fraction of sp³-hybridized carbons (Fsp3) is 0.900. The lowest BCUT2D eigenvalue weighted by atomic mass is 9.60. The Kier molecular flexibility index (Phi) is 3.62. The molecule has 1 N–H and O–H groups in total. The maximum atomic E-state index is 11.9. The lowest BCUT2D eigenvalue weighted by Crippen LogP contribution is -2.54. The first-order chi connectivity index (χ1) is 7.17. The fourth-order valence-corrected chi connectivity index (χ4v) is 1.79. The number of hydrogen-bond donors (Lipinski definition) is 1. The van der Waals surface area contributed by atoms with Crippen molar-refractivity contribution in [2.45, 2.75) is 50.6 Å². The summed E-state index contributed by atoms with van der Waals surface area (Å²) in [7, 11) is 11.6. The van der Waals surface area contributed by atoms with E-state index in [1.54, 1.807) is 20.8 Å². The van der Waals surface area contributed by atoms with Crippen molar-refractivity contribution in [2.75, 3.05) is 6.61 Å². The number of amides is 1. The summed E-state index contributed by atoms with van der Waals surface area (Å²) in [5.74, 6) is 0. The molecule has 1 amide bonds. The monoisotopic (exact) mass is 221 g/mol. The van der Waals surface area contributed by atoms with Gasteiger partial charge in [-0.15, -0.1) is 0 Å². The lowest BCUT2D eigenvalue weighted by Gasteiger charge is -2.37. The zero-order valence-electron chi connectivity index (χ0n) is 10.1. The number of aliphatic hydroxyl groups excluding tert-OH is 1. The summed E-state index contributed by atoms with van der Waals surface area (Å²) < 4.78 is 5.21. The van der Waals surface area contributed by atoms with Crippen molar-refractivity contribution in [2.24, 2.45) is 0 Å². The molecule has 1 fully saturated rings. The summed E-state index contributed by atoms with van der Waals surface area (Å²) in [6, 6.07) is -0.357. The van der Waals surface area contributed by atoms with Gasteiger partial charge in [0.15, 0.2) is 0 Å². The van der Waals surface area contributed by atoms with Crippen LogP contribution in [0.4, 0.5) is 4.79 Å². The zero-order chi connectivity index (χ0) is 12.6. The van der Waals surface area contributed by atoms with Crippen LogP contribution in [0, 0.1) is 0 Å². The van der Waals surface area contributed by atoms with E-state index in [-0.39, 0.29) is 12.6 Å². The molecule has 0 aromatic carbocycles. The molecule has 1 unspecified atom stereocenters. The molecule has 4 nitrogen and oxygen atoms in total. The Bertz CT molecular complexity index is 276. The Morgan fingerprint density at radius 2 is 2.12 bits per heavy atom. The van der Waals surface area contributed by atoms with Gasteiger partial charge in [-0.1, -0.05) is 0 Å². The molecule has 86 valence electrons. The second-order valence-corrected chi connectivity index (χ2v) is 5.22. The fourth-order valence-electron chi connectivity index (χ4n) is 1.79. The highest BCUT2D eigenvalue weighted by atomic mass is 16.6. The Balaban J connectivity index is 2.79. The van der Waals surface area contributed by atoms with Gasteiger partial charge >= 0.3 is 6.09 Å². The number of likely N-dealkylation sites (tertiary alicyclic amines) is 1. The van der Waals surface area contributed by atoms with Gasteiger partial charge in [-0.2, -0.15) is 0 Å². The van der Waals surface area contributed by atoms with Crippen molar-refractivity contribution in [1.82, 2.24) is 4.90 Å². The summed E-state index contributed by atoms with van der Waals surface area (Å²) in [6.45, 7) is 5.15. The van der Waals surface area contributed by atoms with Crippen LogP contribution in [0.2, 0.25) is 0 Å². The largest absolute Gasteiger partial charge is 0.444 e. The van der Waals surface area contributed by atoms with Crippen LogP contribution in [0.5, 0.6) is 0 Å². The van der Waals surface area contributed by atoms with Crippen molar-refractivity contribution in [3.8, 4) is 0 Å². The Morgan fingerprint density at radius 1 is 1.56 bits per heavy atom. The molecule has 0 aromatic rings. The van der Waals surface area contributed by atoms with Crippen molar-refractivity contribution in [1.29, 1.82) is 0 Å². The lowest BCUT2D eigenvalue weighted by molar-refractivity contribution is 0.0117. The van der Waals surface area contributed by atoms with Gasteiger partial charge in [0.05, 0.1) is 28.3 Å². The molecule has 4 radical (unpaired) electrons. The third-order valence-electron chi connectivity index (χ3n) is 2.49. The van der Waals surface area contributed by atoms with Crippen molar-refractivity contribution in [3.05, 3.63) is 0 Å². The van der Waals surface area contributed by atoms with E-state index in [1.807, 2.05) is 0 Å². The second kappa shape index (κ2) is 4.32. The molecule has 1 aliphatic heterocycles. The number of carbonyl (C=O) groups is 1. The van der Waals surface area contributed by atoms with E-state index in [0.29, 0.717) is 12.8 Å². The van der Waals surface area contributed by atoms with E-state index in [0.717, 1.165) is 0 Å². The van der Waals surface area contributed by atoms with Gasteiger partial charge in [0.25, 0.3) is 0 Å². The molecule has 1 heterocycles. The normalized spacial score (nSPS) is 24.5. The standard InChI is InChI=1S/C10H17B2NO3/c1-9(2,3)16-8(15)13-7(6-14)4-5-10(13,11)12/h7,14H,4-6H2,1-3H3. The van der Waals surface area contributed by atoms with Crippen LogP contribution in [0.25, 0.3) is 0 Å². The maximum Gasteiger partial charge on any atom is 0.409 e. The van der Waals surface area contributed by atoms with Crippen molar-refractivity contribution in [3.63, 3.8) is 0 Å². The van der Waals surface area contributed by atoms with Gasteiger partial charge in [0.1, 0.15) is 5.60 Å². The molecule has 1 atom stereocenters. The molecule has 16 heavy (non-hydrogen) atoms. The van der Waals surface area contributed by atoms with Crippen molar-refractivity contribution >= 4 is 21.8 Å². The van der Waals surface area contributed by atoms with E-state index in [1.165, 1.54) is 4.90 Å². The van der Waals surface area contributed by atoms with Gasteiger partial charge in [-0.3, -0.25) is 0 Å². The number of ether oxygens (including phenoxy) is 1. The molecular formula is C10H17B2NO3. The zero-order valence-corrected chi connectivity index (χ0v) is 10.1.